The molecule has 0 aliphatic rings. The molecule has 0 spiro atoms. The van der Waals surface area contributed by atoms with Gasteiger partial charge in [0.2, 0.25) is 0 Å². The van der Waals surface area contributed by atoms with Crippen molar-refractivity contribution < 1.29 is 24.2 Å². The van der Waals surface area contributed by atoms with Gasteiger partial charge < -0.3 is 20.5 Å². The largest absolute Gasteiger partial charge is 0.480 e. The average Bonchev–Trinajstić information content (AvgIpc) is 2.41. The molecule has 0 aromatic carbocycles. The van der Waals surface area contributed by atoms with Gasteiger partial charge in [0.25, 0.3) is 0 Å². The van der Waals surface area contributed by atoms with Crippen molar-refractivity contribution in [2.75, 3.05) is 7.11 Å². The van der Waals surface area contributed by atoms with Crippen molar-refractivity contribution >= 4 is 18.0 Å². The summed E-state index contributed by atoms with van der Waals surface area (Å²) in [6.45, 7) is 3.96. The summed E-state index contributed by atoms with van der Waals surface area (Å²) in [6.07, 6.45) is 2.49. The van der Waals surface area contributed by atoms with Crippen molar-refractivity contribution in [2.24, 2.45) is 0 Å². The molecule has 7 nitrogen and oxygen atoms in total. The SMILES string of the molecule is CCCC(CC)NC(=O)N[C@@H](CCC(=O)OC)C(=O)O. The number of amides is 2. The van der Waals surface area contributed by atoms with E-state index in [0.29, 0.717) is 0 Å². The number of methoxy groups -OCH3 is 1. The summed E-state index contributed by atoms with van der Waals surface area (Å²) in [5, 5.41) is 14.1. The maximum atomic E-state index is 11.7. The Kier molecular flexibility index (Phi) is 9.15. The lowest BCUT2D eigenvalue weighted by molar-refractivity contribution is -0.142. The van der Waals surface area contributed by atoms with Crippen LogP contribution in [0.15, 0.2) is 0 Å². The van der Waals surface area contributed by atoms with Gasteiger partial charge in [-0.05, 0) is 19.3 Å². The van der Waals surface area contributed by atoms with Crippen molar-refractivity contribution in [2.45, 2.75) is 58.0 Å². The van der Waals surface area contributed by atoms with Gasteiger partial charge in [-0.15, -0.1) is 0 Å². The summed E-state index contributed by atoms with van der Waals surface area (Å²) in [5.74, 6) is -1.68. The van der Waals surface area contributed by atoms with E-state index in [1.165, 1.54) is 7.11 Å². The van der Waals surface area contributed by atoms with Gasteiger partial charge in [0.1, 0.15) is 6.04 Å². The topological polar surface area (TPSA) is 105 Å². The van der Waals surface area contributed by atoms with Gasteiger partial charge in [0.05, 0.1) is 7.11 Å². The van der Waals surface area contributed by atoms with Crippen LogP contribution in [-0.2, 0) is 14.3 Å². The minimum Gasteiger partial charge on any atom is -0.480 e. The number of ether oxygens (including phenoxy) is 1. The summed E-state index contributed by atoms with van der Waals surface area (Å²) in [5.41, 5.74) is 0. The Balaban J connectivity index is 4.33. The maximum Gasteiger partial charge on any atom is 0.326 e. The number of urea groups is 1. The third-order valence-corrected chi connectivity index (χ3v) is 2.93. The Labute approximate surface area is 119 Å². The summed E-state index contributed by atoms with van der Waals surface area (Å²) in [6, 6.07) is -1.61. The van der Waals surface area contributed by atoms with Crippen LogP contribution in [0, 0.1) is 0 Å². The first-order chi connectivity index (χ1) is 9.44. The molecule has 0 saturated carbocycles. The highest BCUT2D eigenvalue weighted by Crippen LogP contribution is 2.02. The molecule has 0 aromatic heterocycles. The summed E-state index contributed by atoms with van der Waals surface area (Å²) in [4.78, 5) is 33.7. The lowest BCUT2D eigenvalue weighted by atomic mass is 10.1. The lowest BCUT2D eigenvalue weighted by Crippen LogP contribution is -2.49. The number of carboxylic acids is 1. The Morgan fingerprint density at radius 1 is 1.15 bits per heavy atom. The molecule has 0 bridgehead atoms. The molecule has 0 fully saturated rings. The number of nitrogens with one attached hydrogen (secondary N) is 2. The number of rotatable bonds is 9. The highest BCUT2D eigenvalue weighted by atomic mass is 16.5. The van der Waals surface area contributed by atoms with Gasteiger partial charge in [-0.25, -0.2) is 9.59 Å². The molecular weight excluding hydrogens is 264 g/mol. The number of hydrogen-bond acceptors (Lipinski definition) is 4. The monoisotopic (exact) mass is 288 g/mol. The molecule has 0 radical (unpaired) electrons. The number of carbonyl (C=O) groups excluding carboxylic acids is 2. The van der Waals surface area contributed by atoms with E-state index in [1.807, 2.05) is 13.8 Å². The van der Waals surface area contributed by atoms with Crippen molar-refractivity contribution in [1.82, 2.24) is 10.6 Å². The molecule has 0 saturated heterocycles. The van der Waals surface area contributed by atoms with Crippen LogP contribution in [0.1, 0.15) is 46.0 Å². The van der Waals surface area contributed by atoms with Crippen LogP contribution >= 0.6 is 0 Å². The van der Waals surface area contributed by atoms with Crippen LogP contribution in [0.5, 0.6) is 0 Å². The molecule has 0 heterocycles. The third kappa shape index (κ3) is 7.60. The first kappa shape index (κ1) is 18.2. The Morgan fingerprint density at radius 2 is 1.80 bits per heavy atom. The summed E-state index contributed by atoms with van der Waals surface area (Å²) in [7, 11) is 1.23. The van der Waals surface area contributed by atoms with E-state index in [9.17, 15) is 14.4 Å². The number of esters is 1. The molecule has 0 rings (SSSR count). The summed E-state index contributed by atoms with van der Waals surface area (Å²) >= 11 is 0. The highest BCUT2D eigenvalue weighted by molar-refractivity contribution is 5.83. The van der Waals surface area contributed by atoms with Crippen LogP contribution in [0.4, 0.5) is 4.79 Å². The van der Waals surface area contributed by atoms with Crippen molar-refractivity contribution in [3.63, 3.8) is 0 Å². The molecule has 7 heteroatoms. The van der Waals surface area contributed by atoms with Crippen molar-refractivity contribution in [3.8, 4) is 0 Å². The molecular formula is C13H24N2O5. The highest BCUT2D eigenvalue weighted by Gasteiger charge is 2.22. The fourth-order valence-electron chi connectivity index (χ4n) is 1.73. The van der Waals surface area contributed by atoms with Crippen LogP contribution in [0.25, 0.3) is 0 Å². The molecule has 20 heavy (non-hydrogen) atoms. The van der Waals surface area contributed by atoms with E-state index in [4.69, 9.17) is 5.11 Å². The standard InChI is InChI=1S/C13H24N2O5/c1-4-6-9(5-2)14-13(19)15-10(12(17)18)7-8-11(16)20-3/h9-10H,4-8H2,1-3H3,(H,17,18)(H2,14,15,19)/t9?,10-/m0/s1. The van der Waals surface area contributed by atoms with Crippen LogP contribution in [-0.4, -0.2) is 42.3 Å². The molecule has 3 N–H and O–H groups in total. The zero-order valence-corrected chi connectivity index (χ0v) is 12.3. The molecule has 1 unspecified atom stereocenters. The fraction of sp³-hybridized carbons (Fsp3) is 0.769. The minimum atomic E-state index is -1.17. The number of carbonyl (C=O) groups is 3. The predicted molar refractivity (Wildman–Crippen MR) is 73.3 cm³/mol. The fourth-order valence-corrected chi connectivity index (χ4v) is 1.73. The zero-order valence-electron chi connectivity index (χ0n) is 12.3. The second kappa shape index (κ2) is 10.1. The first-order valence-electron chi connectivity index (χ1n) is 6.81. The van der Waals surface area contributed by atoms with Gasteiger partial charge >= 0.3 is 18.0 Å². The van der Waals surface area contributed by atoms with Crippen molar-refractivity contribution in [1.29, 1.82) is 0 Å². The van der Waals surface area contributed by atoms with E-state index in [0.717, 1.165) is 19.3 Å². The Morgan fingerprint density at radius 3 is 2.25 bits per heavy atom. The van der Waals surface area contributed by atoms with E-state index in [-0.39, 0.29) is 18.9 Å². The Bertz CT molecular complexity index is 333. The van der Waals surface area contributed by atoms with E-state index in [1.54, 1.807) is 0 Å². The van der Waals surface area contributed by atoms with Gasteiger partial charge in [-0.3, -0.25) is 4.79 Å². The van der Waals surface area contributed by atoms with Crippen LogP contribution in [0.2, 0.25) is 0 Å². The van der Waals surface area contributed by atoms with Gasteiger partial charge in [0, 0.05) is 12.5 Å². The molecule has 116 valence electrons. The van der Waals surface area contributed by atoms with Gasteiger partial charge in [-0.2, -0.15) is 0 Å². The first-order valence-corrected chi connectivity index (χ1v) is 6.81. The molecule has 2 amide bonds. The number of aliphatic carboxylic acids is 1. The average molecular weight is 288 g/mol. The minimum absolute atomic E-state index is 0.00000386. The molecule has 0 aliphatic carbocycles. The smallest absolute Gasteiger partial charge is 0.326 e. The number of hydrogen-bond donors (Lipinski definition) is 3. The number of carboxylic acid groups (broad SMARTS) is 1. The Hall–Kier alpha value is -1.79. The second-order valence-electron chi connectivity index (χ2n) is 4.52. The molecule has 0 aromatic rings. The van der Waals surface area contributed by atoms with Crippen molar-refractivity contribution in [3.05, 3.63) is 0 Å². The quantitative estimate of drug-likeness (QED) is 0.554. The molecule has 2 atom stereocenters. The third-order valence-electron chi connectivity index (χ3n) is 2.93. The van der Waals surface area contributed by atoms with Crippen LogP contribution in [0.3, 0.4) is 0 Å². The van der Waals surface area contributed by atoms with E-state index < -0.39 is 24.0 Å². The van der Waals surface area contributed by atoms with Gasteiger partial charge in [-0.1, -0.05) is 20.3 Å². The maximum absolute atomic E-state index is 11.7. The van der Waals surface area contributed by atoms with Gasteiger partial charge in [0.15, 0.2) is 0 Å². The summed E-state index contributed by atoms with van der Waals surface area (Å²) < 4.78 is 4.44. The lowest BCUT2D eigenvalue weighted by Gasteiger charge is -2.19. The predicted octanol–water partition coefficient (Wildman–Crippen LogP) is 1.27. The second-order valence-corrected chi connectivity index (χ2v) is 4.52. The van der Waals surface area contributed by atoms with Crippen LogP contribution < -0.4 is 10.6 Å². The zero-order chi connectivity index (χ0) is 15.5. The van der Waals surface area contributed by atoms with E-state index in [2.05, 4.69) is 15.4 Å². The molecule has 0 aliphatic heterocycles. The van der Waals surface area contributed by atoms with E-state index >= 15 is 0 Å². The normalized spacial score (nSPS) is 13.2.